The second kappa shape index (κ2) is 4.30. The first-order valence-electron chi connectivity index (χ1n) is 3.69. The Kier molecular flexibility index (Phi) is 3.04. The molecule has 2 nitrogen and oxygen atoms in total. The van der Waals surface area contributed by atoms with Crippen LogP contribution in [0.25, 0.3) is 0 Å². The molecule has 2 heteroatoms. The van der Waals surface area contributed by atoms with Crippen molar-refractivity contribution in [2.45, 2.75) is 13.3 Å². The molecular weight excluding hydrogens is 150 g/mol. The van der Waals surface area contributed by atoms with Crippen molar-refractivity contribution in [3.05, 3.63) is 29.6 Å². The summed E-state index contributed by atoms with van der Waals surface area (Å²) in [5.74, 6) is 5.49. The van der Waals surface area contributed by atoms with Crippen LogP contribution in [-0.2, 0) is 4.79 Å². The number of hydrogen-bond donors (Lipinski definition) is 0. The number of rotatable bonds is 1. The Labute approximate surface area is 71.6 Å². The number of nitrogens with zero attached hydrogens (tertiary/aromatic N) is 1. The summed E-state index contributed by atoms with van der Waals surface area (Å²) < 4.78 is 0. The lowest BCUT2D eigenvalue weighted by molar-refractivity contribution is -0.107. The predicted octanol–water partition coefficient (Wildman–Crippen LogP) is 1.33. The number of pyridine rings is 1. The minimum atomic E-state index is 0.273. The molecule has 0 aliphatic heterocycles. The standard InChI is InChI=1S/C10H9NO/c1-9-5-4-7-10(11-9)6-2-3-8-12/h4-5,7-8H,3H2,1H3. The van der Waals surface area contributed by atoms with Gasteiger partial charge in [-0.2, -0.15) is 0 Å². The molecule has 0 saturated heterocycles. The quantitative estimate of drug-likeness (QED) is 0.457. The van der Waals surface area contributed by atoms with Crippen LogP contribution in [0.15, 0.2) is 18.2 Å². The van der Waals surface area contributed by atoms with Crippen molar-refractivity contribution in [2.24, 2.45) is 0 Å². The average molecular weight is 159 g/mol. The number of aldehydes is 1. The molecule has 0 radical (unpaired) electrons. The summed E-state index contributed by atoms with van der Waals surface area (Å²) in [6, 6.07) is 5.63. The van der Waals surface area contributed by atoms with Gasteiger partial charge in [-0.1, -0.05) is 12.0 Å². The summed E-state index contributed by atoms with van der Waals surface area (Å²) in [6.45, 7) is 1.91. The fourth-order valence-corrected chi connectivity index (χ4v) is 0.796. The van der Waals surface area contributed by atoms with Crippen LogP contribution >= 0.6 is 0 Å². The van der Waals surface area contributed by atoms with Crippen molar-refractivity contribution in [1.82, 2.24) is 4.98 Å². The maximum atomic E-state index is 9.94. The Bertz CT molecular complexity index is 333. The fourth-order valence-electron chi connectivity index (χ4n) is 0.796. The Hall–Kier alpha value is -1.62. The minimum Gasteiger partial charge on any atom is -0.302 e. The molecule has 0 amide bonds. The number of aromatic nitrogens is 1. The van der Waals surface area contributed by atoms with Crippen LogP contribution in [0.3, 0.4) is 0 Å². The van der Waals surface area contributed by atoms with Crippen molar-refractivity contribution in [3.8, 4) is 11.8 Å². The van der Waals surface area contributed by atoms with Gasteiger partial charge in [0.05, 0.1) is 6.42 Å². The summed E-state index contributed by atoms with van der Waals surface area (Å²) in [7, 11) is 0. The first kappa shape index (κ1) is 8.48. The van der Waals surface area contributed by atoms with E-state index < -0.39 is 0 Å². The van der Waals surface area contributed by atoms with Gasteiger partial charge in [-0.15, -0.1) is 0 Å². The van der Waals surface area contributed by atoms with Gasteiger partial charge in [0.15, 0.2) is 0 Å². The molecule has 12 heavy (non-hydrogen) atoms. The highest BCUT2D eigenvalue weighted by molar-refractivity contribution is 5.54. The Morgan fingerprint density at radius 3 is 3.08 bits per heavy atom. The van der Waals surface area contributed by atoms with Gasteiger partial charge in [-0.3, -0.25) is 0 Å². The maximum Gasteiger partial charge on any atom is 0.131 e. The lowest BCUT2D eigenvalue weighted by Crippen LogP contribution is -1.84. The number of carbonyl (C=O) groups is 1. The van der Waals surface area contributed by atoms with Gasteiger partial charge in [0.1, 0.15) is 12.0 Å². The molecule has 0 saturated carbocycles. The van der Waals surface area contributed by atoms with Gasteiger partial charge in [0.25, 0.3) is 0 Å². The van der Waals surface area contributed by atoms with E-state index in [1.54, 1.807) is 0 Å². The second-order valence-corrected chi connectivity index (χ2v) is 2.34. The van der Waals surface area contributed by atoms with E-state index in [1.165, 1.54) is 0 Å². The van der Waals surface area contributed by atoms with Gasteiger partial charge in [0.2, 0.25) is 0 Å². The normalized spacial score (nSPS) is 8.42. The van der Waals surface area contributed by atoms with E-state index in [9.17, 15) is 4.79 Å². The van der Waals surface area contributed by atoms with E-state index in [0.717, 1.165) is 17.7 Å². The second-order valence-electron chi connectivity index (χ2n) is 2.34. The number of aryl methyl sites for hydroxylation is 1. The SMILES string of the molecule is Cc1cccc(C#CCC=O)n1. The fraction of sp³-hybridized carbons (Fsp3) is 0.200. The monoisotopic (exact) mass is 159 g/mol. The van der Waals surface area contributed by atoms with Gasteiger partial charge >= 0.3 is 0 Å². The molecular formula is C10H9NO. The molecule has 60 valence electrons. The molecule has 1 aromatic rings. The van der Waals surface area contributed by atoms with E-state index in [-0.39, 0.29) is 6.42 Å². The summed E-state index contributed by atoms with van der Waals surface area (Å²) in [6.07, 6.45) is 1.05. The van der Waals surface area contributed by atoms with Gasteiger partial charge in [-0.25, -0.2) is 4.98 Å². The lowest BCUT2D eigenvalue weighted by Gasteiger charge is -1.90. The first-order chi connectivity index (χ1) is 5.83. The molecule has 0 N–H and O–H groups in total. The molecule has 1 heterocycles. The van der Waals surface area contributed by atoms with E-state index in [2.05, 4.69) is 16.8 Å². The molecule has 0 bridgehead atoms. The van der Waals surface area contributed by atoms with E-state index in [4.69, 9.17) is 0 Å². The molecule has 0 aliphatic carbocycles. The zero-order chi connectivity index (χ0) is 8.81. The highest BCUT2D eigenvalue weighted by Gasteiger charge is 1.86. The molecule has 0 aromatic carbocycles. The third-order valence-electron chi connectivity index (χ3n) is 1.29. The smallest absolute Gasteiger partial charge is 0.131 e. The van der Waals surface area contributed by atoms with Crippen LogP contribution in [0.1, 0.15) is 17.8 Å². The molecule has 0 spiro atoms. The highest BCUT2D eigenvalue weighted by atomic mass is 16.1. The maximum absolute atomic E-state index is 9.94. The molecule has 0 unspecified atom stereocenters. The van der Waals surface area contributed by atoms with Gasteiger partial charge in [0, 0.05) is 5.69 Å². The summed E-state index contributed by atoms with van der Waals surface area (Å²) in [4.78, 5) is 14.1. The first-order valence-corrected chi connectivity index (χ1v) is 3.69. The van der Waals surface area contributed by atoms with Crippen LogP contribution in [0, 0.1) is 18.8 Å². The van der Waals surface area contributed by atoms with E-state index >= 15 is 0 Å². The summed E-state index contributed by atoms with van der Waals surface area (Å²) >= 11 is 0. The van der Waals surface area contributed by atoms with Gasteiger partial charge < -0.3 is 4.79 Å². The molecule has 0 fully saturated rings. The van der Waals surface area contributed by atoms with Crippen LogP contribution < -0.4 is 0 Å². The van der Waals surface area contributed by atoms with Crippen LogP contribution in [-0.4, -0.2) is 11.3 Å². The van der Waals surface area contributed by atoms with E-state index in [0.29, 0.717) is 0 Å². The molecule has 1 rings (SSSR count). The van der Waals surface area contributed by atoms with Crippen molar-refractivity contribution in [3.63, 3.8) is 0 Å². The van der Waals surface area contributed by atoms with Gasteiger partial charge in [-0.05, 0) is 25.0 Å². The van der Waals surface area contributed by atoms with Crippen LogP contribution in [0.2, 0.25) is 0 Å². The predicted molar refractivity (Wildman–Crippen MR) is 46.5 cm³/mol. The number of carbonyl (C=O) groups excluding carboxylic acids is 1. The third-order valence-corrected chi connectivity index (χ3v) is 1.29. The average Bonchev–Trinajstić information content (AvgIpc) is 2.05. The van der Waals surface area contributed by atoms with Crippen LogP contribution in [0.5, 0.6) is 0 Å². The van der Waals surface area contributed by atoms with Crippen molar-refractivity contribution in [2.75, 3.05) is 0 Å². The summed E-state index contributed by atoms with van der Waals surface area (Å²) in [5.41, 5.74) is 1.66. The lowest BCUT2D eigenvalue weighted by atomic mass is 10.3. The Morgan fingerprint density at radius 1 is 1.58 bits per heavy atom. The Morgan fingerprint density at radius 2 is 2.42 bits per heavy atom. The van der Waals surface area contributed by atoms with Crippen LogP contribution in [0.4, 0.5) is 0 Å². The largest absolute Gasteiger partial charge is 0.302 e. The van der Waals surface area contributed by atoms with Crippen molar-refractivity contribution < 1.29 is 4.79 Å². The minimum absolute atomic E-state index is 0.273. The van der Waals surface area contributed by atoms with E-state index in [1.807, 2.05) is 25.1 Å². The Balaban J connectivity index is 2.77. The topological polar surface area (TPSA) is 30.0 Å². The molecule has 0 atom stereocenters. The highest BCUT2D eigenvalue weighted by Crippen LogP contribution is 1.95. The zero-order valence-electron chi connectivity index (χ0n) is 6.87. The zero-order valence-corrected chi connectivity index (χ0v) is 6.87. The summed E-state index contributed by atoms with van der Waals surface area (Å²) in [5, 5.41) is 0. The molecule has 0 aliphatic rings. The van der Waals surface area contributed by atoms with Crippen molar-refractivity contribution >= 4 is 6.29 Å². The third kappa shape index (κ3) is 2.55. The van der Waals surface area contributed by atoms with Crippen molar-refractivity contribution in [1.29, 1.82) is 0 Å². The molecule has 1 aromatic heterocycles. The number of hydrogen-bond acceptors (Lipinski definition) is 2.